The van der Waals surface area contributed by atoms with E-state index in [1.807, 2.05) is 6.07 Å². The van der Waals surface area contributed by atoms with Crippen LogP contribution in [0.25, 0.3) is 28.4 Å². The summed E-state index contributed by atoms with van der Waals surface area (Å²) in [7, 11) is 2.48. The number of methoxy groups -OCH3 is 2. The number of aryl methyl sites for hydroxylation is 1. The summed E-state index contributed by atoms with van der Waals surface area (Å²) in [5.74, 6) is -0.602. The Balaban J connectivity index is 1.97. The summed E-state index contributed by atoms with van der Waals surface area (Å²) in [4.78, 5) is 29.6. The molecular formula is C22H18N4O5. The van der Waals surface area contributed by atoms with Gasteiger partial charge in [-0.15, -0.1) is 0 Å². The SMILES string of the molecule is COC(=O)c1c(-c2cccc(-c3nc(C)no3)c2)nn(-c2ccccc2)c1C(=O)OC. The number of nitrogens with zero attached hydrogens (tertiary/aromatic N) is 4. The van der Waals surface area contributed by atoms with E-state index in [-0.39, 0.29) is 17.0 Å². The van der Waals surface area contributed by atoms with Crippen LogP contribution in [0, 0.1) is 6.92 Å². The molecule has 156 valence electrons. The number of hydrogen-bond donors (Lipinski definition) is 0. The van der Waals surface area contributed by atoms with Gasteiger partial charge in [-0.25, -0.2) is 14.3 Å². The van der Waals surface area contributed by atoms with Gasteiger partial charge in [0.25, 0.3) is 5.89 Å². The Bertz CT molecular complexity index is 1260. The van der Waals surface area contributed by atoms with E-state index in [1.54, 1.807) is 55.5 Å². The zero-order valence-corrected chi connectivity index (χ0v) is 17.0. The number of hydrogen-bond acceptors (Lipinski definition) is 8. The van der Waals surface area contributed by atoms with Crippen molar-refractivity contribution in [3.05, 3.63) is 71.7 Å². The highest BCUT2D eigenvalue weighted by atomic mass is 16.5. The Labute approximate surface area is 177 Å². The number of carbonyl (C=O) groups excluding carboxylic acids is 2. The number of para-hydroxylation sites is 1. The zero-order valence-electron chi connectivity index (χ0n) is 17.0. The number of ether oxygens (including phenoxy) is 2. The van der Waals surface area contributed by atoms with Gasteiger partial charge in [-0.05, 0) is 31.2 Å². The van der Waals surface area contributed by atoms with Crippen LogP contribution < -0.4 is 0 Å². The van der Waals surface area contributed by atoms with Crippen molar-refractivity contribution < 1.29 is 23.6 Å². The standard InChI is InChI=1S/C22H18N4O5/c1-13-23-20(31-25-13)15-9-7-8-14(12-15)18-17(21(27)29-2)19(22(28)30-3)26(24-18)16-10-5-4-6-11-16/h4-12H,1-3H3. The first kappa shape index (κ1) is 20.0. The molecule has 4 aromatic rings. The van der Waals surface area contributed by atoms with E-state index < -0.39 is 11.9 Å². The first-order valence-corrected chi connectivity index (χ1v) is 9.29. The van der Waals surface area contributed by atoms with Crippen molar-refractivity contribution in [3.63, 3.8) is 0 Å². The predicted octanol–water partition coefficient (Wildman–Crippen LogP) is 3.47. The van der Waals surface area contributed by atoms with Crippen LogP contribution in [0.5, 0.6) is 0 Å². The Morgan fingerprint density at radius 1 is 0.935 bits per heavy atom. The van der Waals surface area contributed by atoms with Gasteiger partial charge in [-0.2, -0.15) is 10.1 Å². The first-order valence-electron chi connectivity index (χ1n) is 9.29. The van der Waals surface area contributed by atoms with E-state index in [1.165, 1.54) is 18.9 Å². The van der Waals surface area contributed by atoms with E-state index in [2.05, 4.69) is 15.2 Å². The van der Waals surface area contributed by atoms with Crippen LogP contribution in [0.2, 0.25) is 0 Å². The van der Waals surface area contributed by atoms with Crippen LogP contribution in [0.4, 0.5) is 0 Å². The van der Waals surface area contributed by atoms with Crippen molar-refractivity contribution in [2.75, 3.05) is 14.2 Å². The normalized spacial score (nSPS) is 10.7. The van der Waals surface area contributed by atoms with Crippen molar-refractivity contribution in [3.8, 4) is 28.4 Å². The number of benzene rings is 2. The Morgan fingerprint density at radius 2 is 1.65 bits per heavy atom. The topological polar surface area (TPSA) is 109 Å². The average Bonchev–Trinajstić information content (AvgIpc) is 3.43. The summed E-state index contributed by atoms with van der Waals surface area (Å²) in [5, 5.41) is 8.38. The fourth-order valence-electron chi connectivity index (χ4n) is 3.17. The molecule has 0 aliphatic rings. The predicted molar refractivity (Wildman–Crippen MR) is 110 cm³/mol. The van der Waals surface area contributed by atoms with Crippen molar-refractivity contribution in [1.82, 2.24) is 19.9 Å². The third-order valence-electron chi connectivity index (χ3n) is 4.56. The van der Waals surface area contributed by atoms with Gasteiger partial charge in [-0.1, -0.05) is 35.5 Å². The Kier molecular flexibility index (Phi) is 5.31. The number of aromatic nitrogens is 4. The number of esters is 2. The minimum Gasteiger partial charge on any atom is -0.465 e. The molecule has 0 saturated heterocycles. The zero-order chi connectivity index (χ0) is 22.0. The second-order valence-corrected chi connectivity index (χ2v) is 6.53. The molecule has 0 aliphatic carbocycles. The third-order valence-corrected chi connectivity index (χ3v) is 4.56. The molecule has 31 heavy (non-hydrogen) atoms. The highest BCUT2D eigenvalue weighted by molar-refractivity contribution is 6.07. The summed E-state index contributed by atoms with van der Waals surface area (Å²) in [6.07, 6.45) is 0. The van der Waals surface area contributed by atoms with E-state index in [0.717, 1.165) is 0 Å². The largest absolute Gasteiger partial charge is 0.465 e. The van der Waals surface area contributed by atoms with Gasteiger partial charge in [0.1, 0.15) is 11.3 Å². The Hall–Kier alpha value is -4.27. The van der Waals surface area contributed by atoms with Gasteiger partial charge in [-0.3, -0.25) is 0 Å². The molecule has 0 amide bonds. The fraction of sp³-hybridized carbons (Fsp3) is 0.136. The van der Waals surface area contributed by atoms with Gasteiger partial charge in [0.2, 0.25) is 0 Å². The van der Waals surface area contributed by atoms with Crippen molar-refractivity contribution >= 4 is 11.9 Å². The first-order chi connectivity index (χ1) is 15.0. The molecule has 0 spiro atoms. The van der Waals surface area contributed by atoms with Crippen LogP contribution in [-0.4, -0.2) is 46.1 Å². The van der Waals surface area contributed by atoms with Crippen LogP contribution >= 0.6 is 0 Å². The summed E-state index contributed by atoms with van der Waals surface area (Å²) in [6, 6.07) is 16.0. The van der Waals surface area contributed by atoms with E-state index in [0.29, 0.717) is 28.5 Å². The van der Waals surface area contributed by atoms with Gasteiger partial charge >= 0.3 is 11.9 Å². The molecule has 9 nitrogen and oxygen atoms in total. The monoisotopic (exact) mass is 418 g/mol. The lowest BCUT2D eigenvalue weighted by Crippen LogP contribution is -2.15. The lowest BCUT2D eigenvalue weighted by Gasteiger charge is -2.07. The maximum Gasteiger partial charge on any atom is 0.357 e. The van der Waals surface area contributed by atoms with E-state index >= 15 is 0 Å². The number of carbonyl (C=O) groups is 2. The molecule has 0 unspecified atom stereocenters. The summed E-state index contributed by atoms with van der Waals surface area (Å²) in [6.45, 7) is 1.72. The highest BCUT2D eigenvalue weighted by Crippen LogP contribution is 2.31. The maximum atomic E-state index is 12.7. The van der Waals surface area contributed by atoms with Crippen molar-refractivity contribution in [2.45, 2.75) is 6.92 Å². The number of rotatable bonds is 5. The second kappa shape index (κ2) is 8.23. The third kappa shape index (κ3) is 3.68. The lowest BCUT2D eigenvalue weighted by atomic mass is 10.0. The molecule has 0 fully saturated rings. The van der Waals surface area contributed by atoms with Crippen molar-refractivity contribution in [1.29, 1.82) is 0 Å². The smallest absolute Gasteiger partial charge is 0.357 e. The molecule has 2 aromatic heterocycles. The molecule has 0 radical (unpaired) electrons. The molecule has 2 heterocycles. The lowest BCUT2D eigenvalue weighted by molar-refractivity contribution is 0.0549. The summed E-state index contributed by atoms with van der Waals surface area (Å²) < 4.78 is 16.5. The summed E-state index contributed by atoms with van der Waals surface area (Å²) >= 11 is 0. The van der Waals surface area contributed by atoms with Crippen LogP contribution in [0.1, 0.15) is 26.7 Å². The molecule has 0 N–H and O–H groups in total. The molecule has 9 heteroatoms. The maximum absolute atomic E-state index is 12.7. The van der Waals surface area contributed by atoms with Gasteiger partial charge in [0.05, 0.1) is 19.9 Å². The molecule has 0 aliphatic heterocycles. The molecule has 0 atom stereocenters. The van der Waals surface area contributed by atoms with Crippen LogP contribution in [-0.2, 0) is 9.47 Å². The molecular weight excluding hydrogens is 400 g/mol. The van der Waals surface area contributed by atoms with Crippen LogP contribution in [0.3, 0.4) is 0 Å². The van der Waals surface area contributed by atoms with Gasteiger partial charge in [0, 0.05) is 11.1 Å². The van der Waals surface area contributed by atoms with E-state index in [4.69, 9.17) is 14.0 Å². The minimum atomic E-state index is -0.716. The van der Waals surface area contributed by atoms with Gasteiger partial charge < -0.3 is 14.0 Å². The minimum absolute atomic E-state index is 0.00272. The second-order valence-electron chi connectivity index (χ2n) is 6.53. The molecule has 0 saturated carbocycles. The fourth-order valence-corrected chi connectivity index (χ4v) is 3.17. The van der Waals surface area contributed by atoms with Gasteiger partial charge in [0.15, 0.2) is 11.5 Å². The quantitative estimate of drug-likeness (QED) is 0.453. The molecule has 4 rings (SSSR count). The van der Waals surface area contributed by atoms with Crippen LogP contribution in [0.15, 0.2) is 59.1 Å². The van der Waals surface area contributed by atoms with Crippen molar-refractivity contribution in [2.24, 2.45) is 0 Å². The van der Waals surface area contributed by atoms with E-state index in [9.17, 15) is 9.59 Å². The average molecular weight is 418 g/mol. The summed E-state index contributed by atoms with van der Waals surface area (Å²) in [5.41, 5.74) is 2.01. The highest BCUT2D eigenvalue weighted by Gasteiger charge is 2.31. The molecule has 2 aromatic carbocycles. The Morgan fingerprint density at radius 3 is 2.29 bits per heavy atom. The molecule has 0 bridgehead atoms.